The van der Waals surface area contributed by atoms with Gasteiger partial charge in [-0.3, -0.25) is 14.5 Å². The van der Waals surface area contributed by atoms with E-state index in [9.17, 15) is 9.59 Å². The van der Waals surface area contributed by atoms with E-state index in [0.717, 1.165) is 45.2 Å². The zero-order valence-corrected chi connectivity index (χ0v) is 17.2. The third-order valence-corrected chi connectivity index (χ3v) is 6.25. The van der Waals surface area contributed by atoms with Crippen LogP contribution in [0.25, 0.3) is 0 Å². The molecule has 0 atom stereocenters. The zero-order valence-electron chi connectivity index (χ0n) is 17.2. The van der Waals surface area contributed by atoms with Gasteiger partial charge in [0.25, 0.3) is 0 Å². The molecule has 5 heteroatoms. The lowest BCUT2D eigenvalue weighted by Gasteiger charge is -2.33. The smallest absolute Gasteiger partial charge is 0.234 e. The molecule has 5 nitrogen and oxygen atoms in total. The average Bonchev–Trinajstić information content (AvgIpc) is 2.71. The van der Waals surface area contributed by atoms with Crippen molar-refractivity contribution in [2.45, 2.75) is 64.3 Å². The first kappa shape index (κ1) is 20.8. The quantitative estimate of drug-likeness (QED) is 0.759. The van der Waals surface area contributed by atoms with Crippen molar-refractivity contribution >= 4 is 11.8 Å². The van der Waals surface area contributed by atoms with Gasteiger partial charge in [-0.15, -0.1) is 0 Å². The molecular formula is C23H35N3O2. The van der Waals surface area contributed by atoms with Crippen molar-refractivity contribution in [1.82, 2.24) is 15.5 Å². The first-order valence-corrected chi connectivity index (χ1v) is 11.0. The summed E-state index contributed by atoms with van der Waals surface area (Å²) >= 11 is 0. The highest BCUT2D eigenvalue weighted by atomic mass is 16.2. The van der Waals surface area contributed by atoms with Gasteiger partial charge in [-0.25, -0.2) is 0 Å². The van der Waals surface area contributed by atoms with Crippen LogP contribution in [0.2, 0.25) is 0 Å². The highest BCUT2D eigenvalue weighted by molar-refractivity contribution is 5.79. The van der Waals surface area contributed by atoms with Gasteiger partial charge in [-0.2, -0.15) is 0 Å². The summed E-state index contributed by atoms with van der Waals surface area (Å²) in [6.07, 6.45) is 8.50. The van der Waals surface area contributed by atoms with Gasteiger partial charge < -0.3 is 10.6 Å². The Balaban J connectivity index is 1.31. The fourth-order valence-corrected chi connectivity index (χ4v) is 4.41. The van der Waals surface area contributed by atoms with Crippen LogP contribution in [-0.2, 0) is 16.0 Å². The summed E-state index contributed by atoms with van der Waals surface area (Å²) in [5, 5.41) is 6.30. The predicted molar refractivity (Wildman–Crippen MR) is 112 cm³/mol. The van der Waals surface area contributed by atoms with E-state index in [2.05, 4.69) is 34.6 Å². The predicted octanol–water partition coefficient (Wildman–Crippen LogP) is 2.81. The molecule has 0 aromatic heterocycles. The molecule has 0 radical (unpaired) electrons. The molecular weight excluding hydrogens is 350 g/mol. The fourth-order valence-electron chi connectivity index (χ4n) is 4.41. The molecule has 2 fully saturated rings. The topological polar surface area (TPSA) is 61.4 Å². The van der Waals surface area contributed by atoms with Crippen molar-refractivity contribution in [3.8, 4) is 0 Å². The number of hydrogen-bond acceptors (Lipinski definition) is 3. The number of aryl methyl sites for hydroxylation is 1. The van der Waals surface area contributed by atoms with Crippen molar-refractivity contribution in [2.75, 3.05) is 26.2 Å². The average molecular weight is 386 g/mol. The highest BCUT2D eigenvalue weighted by Crippen LogP contribution is 2.24. The van der Waals surface area contributed by atoms with Crippen molar-refractivity contribution < 1.29 is 9.59 Å². The van der Waals surface area contributed by atoms with Crippen molar-refractivity contribution in [3.63, 3.8) is 0 Å². The van der Waals surface area contributed by atoms with Crippen molar-refractivity contribution in [3.05, 3.63) is 35.4 Å². The Kier molecular flexibility index (Phi) is 7.90. The zero-order chi connectivity index (χ0) is 19.8. The van der Waals surface area contributed by atoms with Crippen LogP contribution in [0.15, 0.2) is 24.3 Å². The van der Waals surface area contributed by atoms with E-state index in [1.807, 2.05) is 12.1 Å². The number of piperidine rings is 1. The molecule has 1 aliphatic heterocycles. The molecule has 28 heavy (non-hydrogen) atoms. The minimum absolute atomic E-state index is 0.0956. The van der Waals surface area contributed by atoms with Crippen LogP contribution in [0.4, 0.5) is 0 Å². The van der Waals surface area contributed by atoms with Crippen LogP contribution < -0.4 is 10.6 Å². The van der Waals surface area contributed by atoms with Gasteiger partial charge in [-0.1, -0.05) is 43.5 Å². The molecule has 1 aromatic carbocycles. The second kappa shape index (κ2) is 10.6. The van der Waals surface area contributed by atoms with Crippen LogP contribution in [0.5, 0.6) is 0 Å². The maximum atomic E-state index is 12.4. The Morgan fingerprint density at radius 2 is 1.75 bits per heavy atom. The van der Waals surface area contributed by atoms with E-state index in [1.54, 1.807) is 0 Å². The maximum Gasteiger partial charge on any atom is 0.234 e. The molecule has 2 amide bonds. The standard InChI is InChI=1S/C23H35N3O2/c1-18-7-5-6-8-19(18)11-14-24-22(27)17-26-15-12-21(13-16-26)25-23(28)20-9-3-2-4-10-20/h5-8,20-21H,2-4,9-17H2,1H3,(H,24,27)(H,25,28). The number of hydrogen-bond donors (Lipinski definition) is 2. The minimum atomic E-state index is 0.0956. The molecule has 0 spiro atoms. The van der Waals surface area contributed by atoms with Crippen LogP contribution in [0.3, 0.4) is 0 Å². The SMILES string of the molecule is Cc1ccccc1CCNC(=O)CN1CCC(NC(=O)C2CCCCC2)CC1. The van der Waals surface area contributed by atoms with Gasteiger partial charge in [0, 0.05) is 31.6 Å². The third-order valence-electron chi connectivity index (χ3n) is 6.25. The molecule has 154 valence electrons. The second-order valence-corrected chi connectivity index (χ2v) is 8.42. The Labute approximate surface area is 169 Å². The van der Waals surface area contributed by atoms with E-state index in [1.165, 1.54) is 30.4 Å². The monoisotopic (exact) mass is 385 g/mol. The maximum absolute atomic E-state index is 12.4. The van der Waals surface area contributed by atoms with Crippen molar-refractivity contribution in [1.29, 1.82) is 0 Å². The first-order chi connectivity index (χ1) is 13.6. The normalized spacial score (nSPS) is 19.3. The summed E-state index contributed by atoms with van der Waals surface area (Å²) in [7, 11) is 0. The number of amides is 2. The highest BCUT2D eigenvalue weighted by Gasteiger charge is 2.26. The molecule has 3 rings (SSSR count). The molecule has 0 unspecified atom stereocenters. The summed E-state index contributed by atoms with van der Waals surface area (Å²) in [6.45, 7) is 4.99. The lowest BCUT2D eigenvalue weighted by Crippen LogP contribution is -2.48. The molecule has 1 aromatic rings. The number of nitrogens with zero attached hydrogens (tertiary/aromatic N) is 1. The largest absolute Gasteiger partial charge is 0.355 e. The van der Waals surface area contributed by atoms with E-state index in [0.29, 0.717) is 13.1 Å². The Morgan fingerprint density at radius 1 is 1.04 bits per heavy atom. The number of nitrogens with one attached hydrogen (secondary N) is 2. The summed E-state index contributed by atoms with van der Waals surface area (Å²) < 4.78 is 0. The molecule has 1 aliphatic carbocycles. The molecule has 0 bridgehead atoms. The van der Waals surface area contributed by atoms with Crippen LogP contribution in [-0.4, -0.2) is 48.9 Å². The van der Waals surface area contributed by atoms with Gasteiger partial charge in [0.15, 0.2) is 0 Å². The Morgan fingerprint density at radius 3 is 2.46 bits per heavy atom. The molecule has 1 saturated heterocycles. The molecule has 2 N–H and O–H groups in total. The van der Waals surface area contributed by atoms with E-state index in [4.69, 9.17) is 0 Å². The third kappa shape index (κ3) is 6.33. The number of likely N-dealkylation sites (tertiary alicyclic amines) is 1. The van der Waals surface area contributed by atoms with Gasteiger partial charge in [0.1, 0.15) is 0 Å². The van der Waals surface area contributed by atoms with Crippen molar-refractivity contribution in [2.24, 2.45) is 5.92 Å². The molecule has 2 aliphatic rings. The Bertz CT molecular complexity index is 647. The van der Waals surface area contributed by atoms with E-state index in [-0.39, 0.29) is 23.8 Å². The lowest BCUT2D eigenvalue weighted by molar-refractivity contribution is -0.127. The second-order valence-electron chi connectivity index (χ2n) is 8.42. The van der Waals surface area contributed by atoms with Crippen LogP contribution in [0, 0.1) is 12.8 Å². The summed E-state index contributed by atoms with van der Waals surface area (Å²) in [4.78, 5) is 26.8. The number of benzene rings is 1. The summed E-state index contributed by atoms with van der Waals surface area (Å²) in [5.41, 5.74) is 2.56. The fraction of sp³-hybridized carbons (Fsp3) is 0.652. The first-order valence-electron chi connectivity index (χ1n) is 11.0. The van der Waals surface area contributed by atoms with Gasteiger partial charge in [0.2, 0.25) is 11.8 Å². The Hall–Kier alpha value is -1.88. The van der Waals surface area contributed by atoms with Crippen LogP contribution >= 0.6 is 0 Å². The molecule has 1 heterocycles. The lowest BCUT2D eigenvalue weighted by atomic mass is 9.88. The van der Waals surface area contributed by atoms with Gasteiger partial charge in [-0.05, 0) is 50.2 Å². The molecule has 1 saturated carbocycles. The van der Waals surface area contributed by atoms with Gasteiger partial charge >= 0.3 is 0 Å². The number of carbonyl (C=O) groups is 2. The van der Waals surface area contributed by atoms with Crippen LogP contribution in [0.1, 0.15) is 56.1 Å². The summed E-state index contributed by atoms with van der Waals surface area (Å²) in [6, 6.07) is 8.58. The summed E-state index contributed by atoms with van der Waals surface area (Å²) in [5.74, 6) is 0.580. The minimum Gasteiger partial charge on any atom is -0.355 e. The van der Waals surface area contributed by atoms with E-state index < -0.39 is 0 Å². The van der Waals surface area contributed by atoms with E-state index >= 15 is 0 Å². The van der Waals surface area contributed by atoms with Gasteiger partial charge in [0.05, 0.1) is 6.54 Å². The number of rotatable bonds is 7. The number of carbonyl (C=O) groups excluding carboxylic acids is 2.